The average molecular weight is 290 g/mol. The van der Waals surface area contributed by atoms with E-state index in [9.17, 15) is 9.59 Å². The maximum atomic E-state index is 12.2. The molecule has 2 rings (SSSR count). The van der Waals surface area contributed by atoms with Gasteiger partial charge in [0.05, 0.1) is 7.11 Å². The lowest BCUT2D eigenvalue weighted by atomic mass is 9.81. The molecule has 1 aliphatic carbocycles. The van der Waals surface area contributed by atoms with Crippen molar-refractivity contribution in [3.05, 3.63) is 30.1 Å². The monoisotopic (exact) mass is 290 g/mol. The van der Waals surface area contributed by atoms with Crippen molar-refractivity contribution in [3.63, 3.8) is 0 Å². The lowest BCUT2D eigenvalue weighted by Crippen LogP contribution is -2.56. The summed E-state index contributed by atoms with van der Waals surface area (Å²) in [6.45, 7) is 0. The van der Waals surface area contributed by atoms with Gasteiger partial charge in [-0.05, 0) is 30.9 Å². The van der Waals surface area contributed by atoms with Gasteiger partial charge in [-0.3, -0.25) is 9.78 Å². The van der Waals surface area contributed by atoms with Crippen molar-refractivity contribution in [3.8, 4) is 0 Å². The fourth-order valence-electron chi connectivity index (χ4n) is 2.86. The van der Waals surface area contributed by atoms with Crippen LogP contribution in [0.1, 0.15) is 44.1 Å². The second kappa shape index (κ2) is 7.20. The molecule has 1 N–H and O–H groups in total. The molecule has 1 amide bonds. The molecule has 0 unspecified atom stereocenters. The van der Waals surface area contributed by atoms with E-state index < -0.39 is 5.54 Å². The Morgan fingerprint density at radius 3 is 2.71 bits per heavy atom. The number of rotatable bonds is 5. The SMILES string of the molecule is COC(=O)C1(NC(=O)CCc2cccnc2)CCCCC1. The molecule has 0 atom stereocenters. The van der Waals surface area contributed by atoms with Crippen LogP contribution in [-0.2, 0) is 20.7 Å². The number of nitrogens with zero attached hydrogens (tertiary/aromatic N) is 1. The van der Waals surface area contributed by atoms with Gasteiger partial charge in [-0.25, -0.2) is 4.79 Å². The first kappa shape index (κ1) is 15.5. The van der Waals surface area contributed by atoms with Crippen molar-refractivity contribution >= 4 is 11.9 Å². The number of aromatic nitrogens is 1. The van der Waals surface area contributed by atoms with Crippen LogP contribution in [0.25, 0.3) is 0 Å². The van der Waals surface area contributed by atoms with Gasteiger partial charge in [-0.15, -0.1) is 0 Å². The topological polar surface area (TPSA) is 68.3 Å². The minimum Gasteiger partial charge on any atom is -0.467 e. The van der Waals surface area contributed by atoms with Crippen molar-refractivity contribution in [1.29, 1.82) is 0 Å². The van der Waals surface area contributed by atoms with Crippen LogP contribution in [0.4, 0.5) is 0 Å². The highest BCUT2D eigenvalue weighted by molar-refractivity contribution is 5.88. The Bertz CT molecular complexity index is 482. The van der Waals surface area contributed by atoms with Gasteiger partial charge in [-0.2, -0.15) is 0 Å². The largest absolute Gasteiger partial charge is 0.467 e. The highest BCUT2D eigenvalue weighted by atomic mass is 16.5. The van der Waals surface area contributed by atoms with Crippen molar-refractivity contribution in [2.45, 2.75) is 50.5 Å². The van der Waals surface area contributed by atoms with Gasteiger partial charge in [0.2, 0.25) is 5.91 Å². The first-order valence-electron chi connectivity index (χ1n) is 7.45. The minimum absolute atomic E-state index is 0.105. The summed E-state index contributed by atoms with van der Waals surface area (Å²) in [6, 6.07) is 3.79. The molecule has 0 saturated heterocycles. The zero-order valence-electron chi connectivity index (χ0n) is 12.4. The number of carbonyl (C=O) groups is 2. The van der Waals surface area contributed by atoms with Crippen LogP contribution in [0.15, 0.2) is 24.5 Å². The number of pyridine rings is 1. The van der Waals surface area contributed by atoms with Crippen LogP contribution in [0.5, 0.6) is 0 Å². The quantitative estimate of drug-likeness (QED) is 0.842. The molecule has 1 aromatic heterocycles. The molecule has 1 aliphatic rings. The predicted molar refractivity (Wildman–Crippen MR) is 78.5 cm³/mol. The van der Waals surface area contributed by atoms with E-state index in [-0.39, 0.29) is 11.9 Å². The number of ether oxygens (including phenoxy) is 1. The summed E-state index contributed by atoms with van der Waals surface area (Å²) in [5.41, 5.74) is 0.197. The number of aryl methyl sites for hydroxylation is 1. The Labute approximate surface area is 125 Å². The van der Waals surface area contributed by atoms with E-state index in [2.05, 4.69) is 10.3 Å². The van der Waals surface area contributed by atoms with E-state index in [0.717, 1.165) is 24.8 Å². The molecule has 1 fully saturated rings. The Balaban J connectivity index is 1.93. The van der Waals surface area contributed by atoms with Crippen LogP contribution in [0.2, 0.25) is 0 Å². The van der Waals surface area contributed by atoms with E-state index in [1.807, 2.05) is 12.1 Å². The predicted octanol–water partition coefficient (Wildman–Crippen LogP) is 2.01. The Morgan fingerprint density at radius 2 is 2.10 bits per heavy atom. The molecule has 0 spiro atoms. The van der Waals surface area contributed by atoms with Crippen LogP contribution in [0.3, 0.4) is 0 Å². The maximum Gasteiger partial charge on any atom is 0.331 e. The number of hydrogen-bond acceptors (Lipinski definition) is 4. The summed E-state index contributed by atoms with van der Waals surface area (Å²) in [5.74, 6) is -0.428. The number of amides is 1. The zero-order valence-corrected chi connectivity index (χ0v) is 12.4. The average Bonchev–Trinajstić information content (AvgIpc) is 2.54. The molecular weight excluding hydrogens is 268 g/mol. The molecule has 114 valence electrons. The molecule has 0 bridgehead atoms. The van der Waals surface area contributed by atoms with Gasteiger partial charge in [0.15, 0.2) is 0 Å². The number of nitrogens with one attached hydrogen (secondary N) is 1. The molecule has 0 radical (unpaired) electrons. The summed E-state index contributed by atoms with van der Waals surface area (Å²) in [5, 5.41) is 2.92. The molecule has 5 nitrogen and oxygen atoms in total. The molecule has 21 heavy (non-hydrogen) atoms. The van der Waals surface area contributed by atoms with Crippen LogP contribution in [0, 0.1) is 0 Å². The Kier molecular flexibility index (Phi) is 5.31. The van der Waals surface area contributed by atoms with E-state index >= 15 is 0 Å². The summed E-state index contributed by atoms with van der Waals surface area (Å²) in [4.78, 5) is 28.3. The van der Waals surface area contributed by atoms with E-state index in [4.69, 9.17) is 4.74 Å². The molecule has 1 heterocycles. The third-order valence-electron chi connectivity index (χ3n) is 4.03. The van der Waals surface area contributed by atoms with Gasteiger partial charge in [0, 0.05) is 18.8 Å². The summed E-state index contributed by atoms with van der Waals surface area (Å²) >= 11 is 0. The molecule has 1 saturated carbocycles. The lowest BCUT2D eigenvalue weighted by Gasteiger charge is -2.35. The van der Waals surface area contributed by atoms with Crippen LogP contribution >= 0.6 is 0 Å². The van der Waals surface area contributed by atoms with E-state index in [1.54, 1.807) is 12.4 Å². The van der Waals surface area contributed by atoms with E-state index in [0.29, 0.717) is 25.7 Å². The number of hydrogen-bond donors (Lipinski definition) is 1. The van der Waals surface area contributed by atoms with Crippen molar-refractivity contribution in [1.82, 2.24) is 10.3 Å². The molecule has 5 heteroatoms. The van der Waals surface area contributed by atoms with Gasteiger partial charge >= 0.3 is 5.97 Å². The summed E-state index contributed by atoms with van der Waals surface area (Å²) in [6.07, 6.45) is 8.75. The molecular formula is C16H22N2O3. The highest BCUT2D eigenvalue weighted by Gasteiger charge is 2.41. The summed E-state index contributed by atoms with van der Waals surface area (Å²) < 4.78 is 4.89. The highest BCUT2D eigenvalue weighted by Crippen LogP contribution is 2.29. The van der Waals surface area contributed by atoms with Crippen LogP contribution < -0.4 is 5.32 Å². The fraction of sp³-hybridized carbons (Fsp3) is 0.562. The first-order valence-corrected chi connectivity index (χ1v) is 7.45. The second-order valence-electron chi connectivity index (χ2n) is 5.54. The Morgan fingerprint density at radius 1 is 1.33 bits per heavy atom. The third kappa shape index (κ3) is 4.03. The van der Waals surface area contributed by atoms with Gasteiger partial charge in [0.25, 0.3) is 0 Å². The Hall–Kier alpha value is -1.91. The smallest absolute Gasteiger partial charge is 0.331 e. The van der Waals surface area contributed by atoms with Crippen molar-refractivity contribution in [2.75, 3.05) is 7.11 Å². The first-order chi connectivity index (χ1) is 10.2. The van der Waals surface area contributed by atoms with Crippen molar-refractivity contribution < 1.29 is 14.3 Å². The summed E-state index contributed by atoms with van der Waals surface area (Å²) in [7, 11) is 1.38. The lowest BCUT2D eigenvalue weighted by molar-refractivity contribution is -0.152. The van der Waals surface area contributed by atoms with Crippen LogP contribution in [-0.4, -0.2) is 29.5 Å². The zero-order chi connectivity index (χ0) is 15.1. The number of methoxy groups -OCH3 is 1. The van der Waals surface area contributed by atoms with Gasteiger partial charge < -0.3 is 10.1 Å². The van der Waals surface area contributed by atoms with Crippen molar-refractivity contribution in [2.24, 2.45) is 0 Å². The van der Waals surface area contributed by atoms with Gasteiger partial charge in [-0.1, -0.05) is 25.3 Å². The third-order valence-corrected chi connectivity index (χ3v) is 4.03. The molecule has 0 aliphatic heterocycles. The number of carbonyl (C=O) groups excluding carboxylic acids is 2. The van der Waals surface area contributed by atoms with E-state index in [1.165, 1.54) is 7.11 Å². The van der Waals surface area contributed by atoms with Gasteiger partial charge in [0.1, 0.15) is 5.54 Å². The molecule has 1 aromatic rings. The minimum atomic E-state index is -0.820. The number of esters is 1. The maximum absolute atomic E-state index is 12.2. The second-order valence-corrected chi connectivity index (χ2v) is 5.54. The fourth-order valence-corrected chi connectivity index (χ4v) is 2.86. The molecule has 0 aromatic carbocycles. The standard InChI is InChI=1S/C16H22N2O3/c1-21-15(20)16(9-3-2-4-10-16)18-14(19)8-7-13-6-5-11-17-12-13/h5-6,11-12H,2-4,7-10H2,1H3,(H,18,19). The normalized spacial score (nSPS) is 17.0.